The summed E-state index contributed by atoms with van der Waals surface area (Å²) in [5.74, 6) is 0.0857. The van der Waals surface area contributed by atoms with Crippen LogP contribution in [0, 0.1) is 0 Å². The number of piperidine rings is 1. The van der Waals surface area contributed by atoms with Crippen LogP contribution >= 0.6 is 15.9 Å². The maximum absolute atomic E-state index is 12.8. The minimum Gasteiger partial charge on any atom is -0.396 e. The zero-order valence-electron chi connectivity index (χ0n) is 12.2. The average molecular weight is 343 g/mol. The number of likely N-dealkylation sites (tertiary alicyclic amines) is 1. The van der Waals surface area contributed by atoms with Crippen molar-refractivity contribution in [2.45, 2.75) is 51.6 Å². The van der Waals surface area contributed by atoms with E-state index in [9.17, 15) is 9.90 Å². The predicted molar refractivity (Wildman–Crippen MR) is 82.9 cm³/mol. The number of hydrogen-bond donors (Lipinski definition) is 1. The van der Waals surface area contributed by atoms with E-state index in [1.165, 1.54) is 0 Å². The molecule has 20 heavy (non-hydrogen) atoms. The lowest BCUT2D eigenvalue weighted by atomic mass is 9.99. The second-order valence-electron chi connectivity index (χ2n) is 5.71. The van der Waals surface area contributed by atoms with Gasteiger partial charge in [-0.15, -0.1) is 0 Å². The van der Waals surface area contributed by atoms with Gasteiger partial charge in [0, 0.05) is 35.9 Å². The van der Waals surface area contributed by atoms with Crippen molar-refractivity contribution in [1.82, 2.24) is 9.47 Å². The molecule has 1 aliphatic rings. The first kappa shape index (κ1) is 15.6. The Kier molecular flexibility index (Phi) is 5.27. The van der Waals surface area contributed by atoms with Crippen molar-refractivity contribution in [3.8, 4) is 0 Å². The van der Waals surface area contributed by atoms with Crippen molar-refractivity contribution in [2.24, 2.45) is 0 Å². The van der Waals surface area contributed by atoms with E-state index in [0.717, 1.165) is 36.0 Å². The molecule has 112 valence electrons. The van der Waals surface area contributed by atoms with E-state index in [-0.39, 0.29) is 24.6 Å². The third-order valence-corrected chi connectivity index (χ3v) is 4.37. The van der Waals surface area contributed by atoms with E-state index in [4.69, 9.17) is 0 Å². The molecule has 2 heterocycles. The highest BCUT2D eigenvalue weighted by Gasteiger charge is 2.29. The van der Waals surface area contributed by atoms with Gasteiger partial charge >= 0.3 is 0 Å². The van der Waals surface area contributed by atoms with E-state index in [2.05, 4.69) is 29.8 Å². The molecule has 1 aromatic rings. The van der Waals surface area contributed by atoms with Crippen molar-refractivity contribution in [1.29, 1.82) is 0 Å². The van der Waals surface area contributed by atoms with Crippen molar-refractivity contribution < 1.29 is 9.90 Å². The second kappa shape index (κ2) is 6.76. The number of halogens is 1. The lowest BCUT2D eigenvalue weighted by Crippen LogP contribution is -2.44. The summed E-state index contributed by atoms with van der Waals surface area (Å²) >= 11 is 3.46. The molecule has 1 aliphatic heterocycles. The van der Waals surface area contributed by atoms with Gasteiger partial charge in [0.2, 0.25) is 0 Å². The van der Waals surface area contributed by atoms with E-state index in [0.29, 0.717) is 6.42 Å². The molecule has 1 unspecified atom stereocenters. The molecule has 1 fully saturated rings. The smallest absolute Gasteiger partial charge is 0.270 e. The Bertz CT molecular complexity index is 468. The van der Waals surface area contributed by atoms with Crippen LogP contribution in [0.15, 0.2) is 16.7 Å². The monoisotopic (exact) mass is 342 g/mol. The lowest BCUT2D eigenvalue weighted by molar-refractivity contribution is 0.0562. The van der Waals surface area contributed by atoms with Crippen molar-refractivity contribution >= 4 is 21.8 Å². The summed E-state index contributed by atoms with van der Waals surface area (Å²) in [5.41, 5.74) is 0.733. The summed E-state index contributed by atoms with van der Waals surface area (Å²) in [7, 11) is 0. The molecule has 1 amide bonds. The van der Waals surface area contributed by atoms with Crippen LogP contribution in [-0.2, 0) is 0 Å². The minimum atomic E-state index is 0.0857. The number of carbonyl (C=O) groups excluding carboxylic acids is 1. The zero-order chi connectivity index (χ0) is 14.7. The number of aliphatic hydroxyl groups is 1. The first-order chi connectivity index (χ1) is 9.54. The summed E-state index contributed by atoms with van der Waals surface area (Å²) in [4.78, 5) is 14.8. The third-order valence-electron chi connectivity index (χ3n) is 3.94. The summed E-state index contributed by atoms with van der Waals surface area (Å²) in [6.45, 7) is 5.09. The molecule has 1 atom stereocenters. The van der Waals surface area contributed by atoms with Gasteiger partial charge in [-0.05, 0) is 61.5 Å². The maximum Gasteiger partial charge on any atom is 0.270 e. The molecule has 2 rings (SSSR count). The number of aliphatic hydroxyl groups excluding tert-OH is 1. The van der Waals surface area contributed by atoms with E-state index < -0.39 is 0 Å². The lowest BCUT2D eigenvalue weighted by Gasteiger charge is -2.36. The second-order valence-corrected chi connectivity index (χ2v) is 6.62. The van der Waals surface area contributed by atoms with Crippen LogP contribution in [0.2, 0.25) is 0 Å². The summed E-state index contributed by atoms with van der Waals surface area (Å²) in [6, 6.07) is 2.32. The van der Waals surface area contributed by atoms with Crippen LogP contribution < -0.4 is 0 Å². The van der Waals surface area contributed by atoms with Gasteiger partial charge in [-0.25, -0.2) is 0 Å². The molecule has 0 spiro atoms. The molecule has 1 N–H and O–H groups in total. The van der Waals surface area contributed by atoms with Crippen LogP contribution in [0.5, 0.6) is 0 Å². The van der Waals surface area contributed by atoms with Gasteiger partial charge in [0.25, 0.3) is 5.91 Å². The van der Waals surface area contributed by atoms with Gasteiger partial charge in [-0.2, -0.15) is 0 Å². The van der Waals surface area contributed by atoms with Crippen LogP contribution in [-0.4, -0.2) is 39.7 Å². The fraction of sp³-hybridized carbons (Fsp3) is 0.667. The van der Waals surface area contributed by atoms with Crippen LogP contribution in [0.1, 0.15) is 56.1 Å². The fourth-order valence-electron chi connectivity index (χ4n) is 2.91. The Labute approximate surface area is 128 Å². The Hall–Kier alpha value is -0.810. The summed E-state index contributed by atoms with van der Waals surface area (Å²) in [5, 5.41) is 9.18. The van der Waals surface area contributed by atoms with E-state index in [1.54, 1.807) is 0 Å². The predicted octanol–water partition coefficient (Wildman–Crippen LogP) is 3.21. The van der Waals surface area contributed by atoms with Gasteiger partial charge in [0.05, 0.1) is 0 Å². The summed E-state index contributed by atoms with van der Waals surface area (Å²) < 4.78 is 2.95. The Morgan fingerprint density at radius 2 is 2.25 bits per heavy atom. The molecule has 1 aromatic heterocycles. The standard InChI is InChI=1S/C15H23BrN2O2/c1-11(2)18-10-12(16)9-14(18)15(20)17-7-4-3-5-13(17)6-8-19/h9-11,13,19H,3-8H2,1-2H3. The summed E-state index contributed by atoms with van der Waals surface area (Å²) in [6.07, 6.45) is 5.83. The number of amides is 1. The molecular weight excluding hydrogens is 320 g/mol. The molecule has 0 aromatic carbocycles. The molecule has 5 heteroatoms. The molecular formula is C15H23BrN2O2. The minimum absolute atomic E-state index is 0.0857. The molecule has 4 nitrogen and oxygen atoms in total. The number of rotatable bonds is 4. The fourth-order valence-corrected chi connectivity index (χ4v) is 3.35. The van der Waals surface area contributed by atoms with E-state index >= 15 is 0 Å². The van der Waals surface area contributed by atoms with Gasteiger partial charge in [0.15, 0.2) is 0 Å². The Morgan fingerprint density at radius 3 is 2.90 bits per heavy atom. The van der Waals surface area contributed by atoms with E-state index in [1.807, 2.05) is 21.7 Å². The molecule has 0 bridgehead atoms. The molecule has 1 saturated heterocycles. The van der Waals surface area contributed by atoms with Gasteiger partial charge in [-0.3, -0.25) is 4.79 Å². The van der Waals surface area contributed by atoms with Crippen molar-refractivity contribution in [2.75, 3.05) is 13.2 Å². The SMILES string of the molecule is CC(C)n1cc(Br)cc1C(=O)N1CCCCC1CCO. The van der Waals surface area contributed by atoms with Crippen LogP contribution in [0.3, 0.4) is 0 Å². The topological polar surface area (TPSA) is 45.5 Å². The zero-order valence-corrected chi connectivity index (χ0v) is 13.8. The third kappa shape index (κ3) is 3.26. The highest BCUT2D eigenvalue weighted by Crippen LogP contribution is 2.25. The quantitative estimate of drug-likeness (QED) is 0.913. The normalized spacial score (nSPS) is 19.6. The number of carbonyl (C=O) groups is 1. The van der Waals surface area contributed by atoms with Crippen molar-refractivity contribution in [3.05, 3.63) is 22.4 Å². The maximum atomic E-state index is 12.8. The van der Waals surface area contributed by atoms with Gasteiger partial charge in [-0.1, -0.05) is 0 Å². The van der Waals surface area contributed by atoms with Crippen LogP contribution in [0.25, 0.3) is 0 Å². The Morgan fingerprint density at radius 1 is 1.50 bits per heavy atom. The molecule has 0 saturated carbocycles. The Balaban J connectivity index is 2.25. The first-order valence-electron chi connectivity index (χ1n) is 7.33. The first-order valence-corrected chi connectivity index (χ1v) is 8.13. The largest absolute Gasteiger partial charge is 0.396 e. The highest BCUT2D eigenvalue weighted by atomic mass is 79.9. The highest BCUT2D eigenvalue weighted by molar-refractivity contribution is 9.10. The number of hydrogen-bond acceptors (Lipinski definition) is 2. The number of nitrogens with zero attached hydrogens (tertiary/aromatic N) is 2. The molecule has 0 aliphatic carbocycles. The van der Waals surface area contributed by atoms with Crippen molar-refractivity contribution in [3.63, 3.8) is 0 Å². The molecule has 0 radical (unpaired) electrons. The van der Waals surface area contributed by atoms with Gasteiger partial charge < -0.3 is 14.6 Å². The average Bonchev–Trinajstić information content (AvgIpc) is 2.81. The van der Waals surface area contributed by atoms with Gasteiger partial charge in [0.1, 0.15) is 5.69 Å². The number of aromatic nitrogens is 1. The van der Waals surface area contributed by atoms with Crippen LogP contribution in [0.4, 0.5) is 0 Å².